The number of likely N-dealkylation sites (tertiary alicyclic amines) is 1. The molecule has 0 radical (unpaired) electrons. The number of pyridine rings is 1. The molecule has 2 nitrogen and oxygen atoms in total. The number of aromatic nitrogens is 1. The first-order chi connectivity index (χ1) is 7.36. The smallest absolute Gasteiger partial charge is 0.0340 e. The zero-order valence-electron chi connectivity index (χ0n) is 9.26. The third-order valence-electron chi connectivity index (χ3n) is 3.07. The molecule has 0 bridgehead atoms. The van der Waals surface area contributed by atoms with E-state index in [0.29, 0.717) is 0 Å². The van der Waals surface area contributed by atoms with Crippen LogP contribution in [0.15, 0.2) is 30.6 Å². The first kappa shape index (κ1) is 10.4. The molecule has 0 saturated carbocycles. The summed E-state index contributed by atoms with van der Waals surface area (Å²) in [6.07, 6.45) is 12.0. The molecule has 0 N–H and O–H groups in total. The van der Waals surface area contributed by atoms with E-state index < -0.39 is 0 Å². The SMILES string of the molecule is CN1CCCC1C/C=C/c1cccnc1. The van der Waals surface area contributed by atoms with Crippen molar-refractivity contribution < 1.29 is 0 Å². The summed E-state index contributed by atoms with van der Waals surface area (Å²) in [6.45, 7) is 1.26. The van der Waals surface area contributed by atoms with E-state index in [1.165, 1.54) is 24.9 Å². The highest BCUT2D eigenvalue weighted by molar-refractivity contribution is 5.47. The van der Waals surface area contributed by atoms with Gasteiger partial charge in [0.1, 0.15) is 0 Å². The summed E-state index contributed by atoms with van der Waals surface area (Å²) in [4.78, 5) is 6.54. The molecule has 1 aromatic heterocycles. The van der Waals surface area contributed by atoms with Crippen molar-refractivity contribution in [1.82, 2.24) is 9.88 Å². The van der Waals surface area contributed by atoms with E-state index in [4.69, 9.17) is 0 Å². The van der Waals surface area contributed by atoms with Gasteiger partial charge in [-0.3, -0.25) is 4.98 Å². The molecule has 15 heavy (non-hydrogen) atoms. The predicted molar refractivity (Wildman–Crippen MR) is 63.5 cm³/mol. The first-order valence-corrected chi connectivity index (χ1v) is 5.63. The van der Waals surface area contributed by atoms with Crippen molar-refractivity contribution in [3.8, 4) is 0 Å². The Kier molecular flexibility index (Phi) is 3.51. The highest BCUT2D eigenvalue weighted by Crippen LogP contribution is 2.18. The molecule has 1 unspecified atom stereocenters. The Labute approximate surface area is 91.6 Å². The number of rotatable bonds is 3. The van der Waals surface area contributed by atoms with Gasteiger partial charge in [-0.2, -0.15) is 0 Å². The van der Waals surface area contributed by atoms with E-state index in [2.05, 4.69) is 35.1 Å². The second-order valence-corrected chi connectivity index (χ2v) is 4.20. The summed E-state index contributed by atoms with van der Waals surface area (Å²) in [5.41, 5.74) is 1.19. The molecule has 2 rings (SSSR count). The third kappa shape index (κ3) is 2.90. The van der Waals surface area contributed by atoms with E-state index in [1.54, 1.807) is 0 Å². The van der Waals surface area contributed by atoms with Crippen LogP contribution < -0.4 is 0 Å². The summed E-state index contributed by atoms with van der Waals surface area (Å²) < 4.78 is 0. The summed E-state index contributed by atoms with van der Waals surface area (Å²) in [6, 6.07) is 4.81. The molecule has 2 heterocycles. The maximum Gasteiger partial charge on any atom is 0.0340 e. The molecular formula is C13H18N2. The summed E-state index contributed by atoms with van der Waals surface area (Å²) in [7, 11) is 2.22. The topological polar surface area (TPSA) is 16.1 Å². The van der Waals surface area contributed by atoms with Crippen LogP contribution in [0.4, 0.5) is 0 Å². The fourth-order valence-corrected chi connectivity index (χ4v) is 2.11. The molecular weight excluding hydrogens is 184 g/mol. The Hall–Kier alpha value is -1.15. The lowest BCUT2D eigenvalue weighted by molar-refractivity contribution is 0.313. The van der Waals surface area contributed by atoms with Gasteiger partial charge in [-0.1, -0.05) is 18.2 Å². The van der Waals surface area contributed by atoms with Crippen LogP contribution in [0.5, 0.6) is 0 Å². The Bertz CT molecular complexity index is 319. The van der Waals surface area contributed by atoms with Crippen molar-refractivity contribution in [2.45, 2.75) is 25.3 Å². The standard InChI is InChI=1S/C13H18N2/c1-15-10-4-8-13(15)7-2-5-12-6-3-9-14-11-12/h2-3,5-6,9,11,13H,4,7-8,10H2,1H3/b5-2+. The van der Waals surface area contributed by atoms with Gasteiger partial charge in [0.05, 0.1) is 0 Å². The van der Waals surface area contributed by atoms with Crippen molar-refractivity contribution in [2.75, 3.05) is 13.6 Å². The lowest BCUT2D eigenvalue weighted by Gasteiger charge is -2.16. The van der Waals surface area contributed by atoms with Crippen molar-refractivity contribution in [1.29, 1.82) is 0 Å². The largest absolute Gasteiger partial charge is 0.303 e. The Morgan fingerprint density at radius 1 is 1.60 bits per heavy atom. The van der Waals surface area contributed by atoms with Gasteiger partial charge < -0.3 is 4.90 Å². The van der Waals surface area contributed by atoms with Gasteiger partial charge in [-0.05, 0) is 44.5 Å². The van der Waals surface area contributed by atoms with E-state index in [0.717, 1.165) is 12.5 Å². The average molecular weight is 202 g/mol. The normalized spacial score (nSPS) is 22.6. The first-order valence-electron chi connectivity index (χ1n) is 5.63. The minimum Gasteiger partial charge on any atom is -0.303 e. The van der Waals surface area contributed by atoms with E-state index >= 15 is 0 Å². The van der Waals surface area contributed by atoms with Crippen LogP contribution in [0.3, 0.4) is 0 Å². The van der Waals surface area contributed by atoms with Gasteiger partial charge >= 0.3 is 0 Å². The molecule has 1 atom stereocenters. The minimum absolute atomic E-state index is 0.748. The maximum atomic E-state index is 4.09. The Morgan fingerprint density at radius 2 is 2.53 bits per heavy atom. The molecule has 1 aliphatic rings. The Balaban J connectivity index is 1.85. The van der Waals surface area contributed by atoms with E-state index in [9.17, 15) is 0 Å². The second kappa shape index (κ2) is 5.08. The fourth-order valence-electron chi connectivity index (χ4n) is 2.11. The molecule has 2 heteroatoms. The highest BCUT2D eigenvalue weighted by atomic mass is 15.1. The van der Waals surface area contributed by atoms with Crippen molar-refractivity contribution in [2.24, 2.45) is 0 Å². The molecule has 0 aromatic carbocycles. The van der Waals surface area contributed by atoms with Gasteiger partial charge in [0, 0.05) is 18.4 Å². The van der Waals surface area contributed by atoms with Crippen LogP contribution >= 0.6 is 0 Å². The van der Waals surface area contributed by atoms with Crippen LogP contribution in [0, 0.1) is 0 Å². The molecule has 0 spiro atoms. The minimum atomic E-state index is 0.748. The molecule has 1 fully saturated rings. The third-order valence-corrected chi connectivity index (χ3v) is 3.07. The van der Waals surface area contributed by atoms with Crippen LogP contribution in [-0.4, -0.2) is 29.5 Å². The fraction of sp³-hybridized carbons (Fsp3) is 0.462. The molecule has 1 aliphatic heterocycles. The lowest BCUT2D eigenvalue weighted by atomic mass is 10.1. The number of nitrogens with zero attached hydrogens (tertiary/aromatic N) is 2. The summed E-state index contributed by atoms with van der Waals surface area (Å²) in [5, 5.41) is 0. The van der Waals surface area contributed by atoms with Crippen LogP contribution in [0.25, 0.3) is 6.08 Å². The molecule has 80 valence electrons. The zero-order valence-corrected chi connectivity index (χ0v) is 9.26. The average Bonchev–Trinajstić information content (AvgIpc) is 2.66. The maximum absolute atomic E-state index is 4.09. The quantitative estimate of drug-likeness (QED) is 0.749. The molecule has 0 aliphatic carbocycles. The van der Waals surface area contributed by atoms with Gasteiger partial charge in [0.15, 0.2) is 0 Å². The van der Waals surface area contributed by atoms with Crippen LogP contribution in [0.1, 0.15) is 24.8 Å². The lowest BCUT2D eigenvalue weighted by Crippen LogP contribution is -2.23. The second-order valence-electron chi connectivity index (χ2n) is 4.20. The van der Waals surface area contributed by atoms with Gasteiger partial charge in [-0.25, -0.2) is 0 Å². The van der Waals surface area contributed by atoms with Gasteiger partial charge in [-0.15, -0.1) is 0 Å². The Morgan fingerprint density at radius 3 is 3.20 bits per heavy atom. The van der Waals surface area contributed by atoms with E-state index in [-0.39, 0.29) is 0 Å². The van der Waals surface area contributed by atoms with Crippen molar-refractivity contribution in [3.63, 3.8) is 0 Å². The van der Waals surface area contributed by atoms with Crippen LogP contribution in [-0.2, 0) is 0 Å². The monoisotopic (exact) mass is 202 g/mol. The zero-order chi connectivity index (χ0) is 10.5. The molecule has 0 amide bonds. The van der Waals surface area contributed by atoms with Crippen molar-refractivity contribution >= 4 is 6.08 Å². The number of hydrogen-bond donors (Lipinski definition) is 0. The number of hydrogen-bond acceptors (Lipinski definition) is 2. The predicted octanol–water partition coefficient (Wildman–Crippen LogP) is 2.58. The molecule has 1 aromatic rings. The summed E-state index contributed by atoms with van der Waals surface area (Å²) >= 11 is 0. The van der Waals surface area contributed by atoms with E-state index in [1.807, 2.05) is 18.5 Å². The summed E-state index contributed by atoms with van der Waals surface area (Å²) in [5.74, 6) is 0. The van der Waals surface area contributed by atoms with Crippen LogP contribution in [0.2, 0.25) is 0 Å². The van der Waals surface area contributed by atoms with Gasteiger partial charge in [0.2, 0.25) is 0 Å². The van der Waals surface area contributed by atoms with Gasteiger partial charge in [0.25, 0.3) is 0 Å². The highest BCUT2D eigenvalue weighted by Gasteiger charge is 2.18. The van der Waals surface area contributed by atoms with Crippen molar-refractivity contribution in [3.05, 3.63) is 36.2 Å². The molecule has 1 saturated heterocycles.